The second kappa shape index (κ2) is 7.28. The number of hydrogen-bond donors (Lipinski definition) is 2. The minimum atomic E-state index is -1.04. The van der Waals surface area contributed by atoms with E-state index in [2.05, 4.69) is 25.0 Å². The molecule has 0 saturated heterocycles. The maximum atomic E-state index is 13.4. The lowest BCUT2D eigenvalue weighted by molar-refractivity contribution is 0.102. The standard InChI is InChI=1S/C19H13F2N5OS/c1-10-17(18(27)23-11-6-7-12(20)13(21)8-11)19(28-26-10)25-16-9-22-14-4-2-3-5-15(14)24-16/h2-9H,1H3,(H,23,27)(H,24,25). The quantitative estimate of drug-likeness (QED) is 0.523. The van der Waals surface area contributed by atoms with Crippen molar-refractivity contribution in [3.05, 3.63) is 71.6 Å². The van der Waals surface area contributed by atoms with Gasteiger partial charge in [-0.3, -0.25) is 9.78 Å². The number of carbonyl (C=O) groups excluding carboxylic acids is 1. The number of aryl methyl sites for hydroxylation is 1. The zero-order chi connectivity index (χ0) is 19.7. The first-order chi connectivity index (χ1) is 13.5. The lowest BCUT2D eigenvalue weighted by Gasteiger charge is -2.09. The van der Waals surface area contributed by atoms with Gasteiger partial charge in [0.1, 0.15) is 10.8 Å². The summed E-state index contributed by atoms with van der Waals surface area (Å²) in [6, 6.07) is 10.6. The van der Waals surface area contributed by atoms with E-state index in [0.717, 1.165) is 29.2 Å². The molecule has 0 aliphatic rings. The molecule has 140 valence electrons. The number of para-hydroxylation sites is 2. The Balaban J connectivity index is 1.60. The van der Waals surface area contributed by atoms with Crippen LogP contribution in [-0.4, -0.2) is 20.2 Å². The summed E-state index contributed by atoms with van der Waals surface area (Å²) in [5.74, 6) is -2.05. The van der Waals surface area contributed by atoms with E-state index in [1.807, 2.05) is 24.3 Å². The molecule has 0 unspecified atom stereocenters. The van der Waals surface area contributed by atoms with Crippen molar-refractivity contribution in [1.82, 2.24) is 14.3 Å². The number of anilines is 3. The summed E-state index contributed by atoms with van der Waals surface area (Å²) in [7, 11) is 0. The van der Waals surface area contributed by atoms with Crippen molar-refractivity contribution in [3.8, 4) is 0 Å². The zero-order valence-electron chi connectivity index (χ0n) is 14.5. The summed E-state index contributed by atoms with van der Waals surface area (Å²) >= 11 is 1.10. The summed E-state index contributed by atoms with van der Waals surface area (Å²) in [5.41, 5.74) is 2.41. The number of halogens is 2. The highest BCUT2D eigenvalue weighted by Crippen LogP contribution is 2.28. The molecule has 0 aliphatic heterocycles. The van der Waals surface area contributed by atoms with Gasteiger partial charge in [-0.15, -0.1) is 0 Å². The number of rotatable bonds is 4. The highest BCUT2D eigenvalue weighted by molar-refractivity contribution is 7.10. The minimum Gasteiger partial charge on any atom is -0.329 e. The topological polar surface area (TPSA) is 79.8 Å². The van der Waals surface area contributed by atoms with Crippen LogP contribution in [0.5, 0.6) is 0 Å². The van der Waals surface area contributed by atoms with Crippen LogP contribution in [0.25, 0.3) is 11.0 Å². The molecule has 2 heterocycles. The molecule has 0 bridgehead atoms. The van der Waals surface area contributed by atoms with Crippen LogP contribution in [0.15, 0.2) is 48.7 Å². The zero-order valence-corrected chi connectivity index (χ0v) is 15.3. The third-order valence-electron chi connectivity index (χ3n) is 3.96. The molecule has 1 amide bonds. The van der Waals surface area contributed by atoms with E-state index in [-0.39, 0.29) is 5.69 Å². The first-order valence-electron chi connectivity index (χ1n) is 8.23. The molecular weight excluding hydrogens is 384 g/mol. The first kappa shape index (κ1) is 17.9. The third-order valence-corrected chi connectivity index (χ3v) is 4.81. The Morgan fingerprint density at radius 1 is 1.07 bits per heavy atom. The van der Waals surface area contributed by atoms with Gasteiger partial charge in [0.25, 0.3) is 5.91 Å². The van der Waals surface area contributed by atoms with Gasteiger partial charge in [0.15, 0.2) is 11.6 Å². The molecule has 0 saturated carbocycles. The van der Waals surface area contributed by atoms with Gasteiger partial charge in [-0.1, -0.05) is 12.1 Å². The van der Waals surface area contributed by atoms with Gasteiger partial charge in [-0.25, -0.2) is 13.8 Å². The van der Waals surface area contributed by atoms with Crippen LogP contribution in [0.4, 0.5) is 25.3 Å². The molecule has 0 spiro atoms. The van der Waals surface area contributed by atoms with E-state index in [4.69, 9.17) is 0 Å². The van der Waals surface area contributed by atoms with E-state index in [0.29, 0.717) is 27.6 Å². The van der Waals surface area contributed by atoms with Gasteiger partial charge in [-0.05, 0) is 42.7 Å². The number of benzene rings is 2. The van der Waals surface area contributed by atoms with Crippen LogP contribution in [0, 0.1) is 18.6 Å². The van der Waals surface area contributed by atoms with Gasteiger partial charge < -0.3 is 10.6 Å². The molecule has 0 aliphatic carbocycles. The number of hydrogen-bond acceptors (Lipinski definition) is 6. The lowest BCUT2D eigenvalue weighted by Crippen LogP contribution is -2.14. The molecule has 9 heteroatoms. The fourth-order valence-electron chi connectivity index (χ4n) is 2.62. The highest BCUT2D eigenvalue weighted by atomic mass is 32.1. The molecule has 28 heavy (non-hydrogen) atoms. The van der Waals surface area contributed by atoms with Crippen molar-refractivity contribution in [1.29, 1.82) is 0 Å². The third kappa shape index (κ3) is 3.52. The summed E-state index contributed by atoms with van der Waals surface area (Å²) < 4.78 is 30.7. The van der Waals surface area contributed by atoms with E-state index < -0.39 is 17.5 Å². The Hall–Kier alpha value is -3.46. The number of aromatic nitrogens is 3. The molecule has 0 radical (unpaired) electrons. The molecular formula is C19H13F2N5OS. The molecule has 6 nitrogen and oxygen atoms in total. The van der Waals surface area contributed by atoms with Crippen LogP contribution in [0.2, 0.25) is 0 Å². The van der Waals surface area contributed by atoms with Gasteiger partial charge in [-0.2, -0.15) is 4.37 Å². The van der Waals surface area contributed by atoms with E-state index in [9.17, 15) is 13.6 Å². The lowest BCUT2D eigenvalue weighted by atomic mass is 10.2. The first-order valence-corrected chi connectivity index (χ1v) is 9.00. The summed E-state index contributed by atoms with van der Waals surface area (Å²) in [4.78, 5) is 21.5. The summed E-state index contributed by atoms with van der Waals surface area (Å²) in [6.45, 7) is 1.69. The SMILES string of the molecule is Cc1nsc(Nc2cnc3ccccc3n2)c1C(=O)Nc1ccc(F)c(F)c1. The average molecular weight is 397 g/mol. The Morgan fingerprint density at radius 2 is 1.86 bits per heavy atom. The number of fused-ring (bicyclic) bond motifs is 1. The maximum absolute atomic E-state index is 13.4. The predicted molar refractivity (Wildman–Crippen MR) is 104 cm³/mol. The second-order valence-electron chi connectivity index (χ2n) is 5.92. The fraction of sp³-hybridized carbons (Fsp3) is 0.0526. The summed E-state index contributed by atoms with van der Waals surface area (Å²) in [6.07, 6.45) is 1.56. The van der Waals surface area contributed by atoms with Crippen LogP contribution in [-0.2, 0) is 0 Å². The van der Waals surface area contributed by atoms with Crippen LogP contribution in [0.3, 0.4) is 0 Å². The van der Waals surface area contributed by atoms with E-state index in [1.165, 1.54) is 6.07 Å². The van der Waals surface area contributed by atoms with Gasteiger partial charge >= 0.3 is 0 Å². The van der Waals surface area contributed by atoms with Crippen molar-refractivity contribution in [2.24, 2.45) is 0 Å². The van der Waals surface area contributed by atoms with Crippen LogP contribution < -0.4 is 10.6 Å². The number of nitrogens with one attached hydrogen (secondary N) is 2. The van der Waals surface area contributed by atoms with Gasteiger partial charge in [0, 0.05) is 11.8 Å². The molecule has 4 rings (SSSR count). The average Bonchev–Trinajstić information content (AvgIpc) is 3.05. The molecule has 0 fully saturated rings. The monoisotopic (exact) mass is 397 g/mol. The maximum Gasteiger partial charge on any atom is 0.260 e. The number of carbonyl (C=O) groups is 1. The second-order valence-corrected chi connectivity index (χ2v) is 6.70. The van der Waals surface area contributed by atoms with Crippen LogP contribution >= 0.6 is 11.5 Å². The van der Waals surface area contributed by atoms with Gasteiger partial charge in [0.2, 0.25) is 0 Å². The van der Waals surface area contributed by atoms with E-state index in [1.54, 1.807) is 13.1 Å². The van der Waals surface area contributed by atoms with Crippen molar-refractivity contribution < 1.29 is 13.6 Å². The largest absolute Gasteiger partial charge is 0.329 e. The van der Waals surface area contributed by atoms with Crippen molar-refractivity contribution in [2.45, 2.75) is 6.92 Å². The van der Waals surface area contributed by atoms with Crippen molar-refractivity contribution in [3.63, 3.8) is 0 Å². The number of nitrogens with zero attached hydrogens (tertiary/aromatic N) is 3. The molecule has 2 aromatic carbocycles. The molecule has 2 N–H and O–H groups in total. The van der Waals surface area contributed by atoms with Crippen LogP contribution in [0.1, 0.15) is 16.1 Å². The van der Waals surface area contributed by atoms with E-state index >= 15 is 0 Å². The predicted octanol–water partition coefficient (Wildman–Crippen LogP) is 4.67. The Labute approximate surface area is 162 Å². The molecule has 4 aromatic rings. The van der Waals surface area contributed by atoms with Crippen molar-refractivity contribution >= 4 is 45.0 Å². The summed E-state index contributed by atoms with van der Waals surface area (Å²) in [5, 5.41) is 6.09. The molecule has 0 atom stereocenters. The van der Waals surface area contributed by atoms with Crippen molar-refractivity contribution in [2.75, 3.05) is 10.6 Å². The fourth-order valence-corrected chi connectivity index (χ4v) is 3.43. The van der Waals surface area contributed by atoms with Gasteiger partial charge in [0.05, 0.1) is 28.5 Å². The molecule has 2 aromatic heterocycles. The highest BCUT2D eigenvalue weighted by Gasteiger charge is 2.20. The Morgan fingerprint density at radius 3 is 2.64 bits per heavy atom. The smallest absolute Gasteiger partial charge is 0.260 e. The Kier molecular flexibility index (Phi) is 4.66. The Bertz CT molecular complexity index is 1190. The minimum absolute atomic E-state index is 0.144. The normalized spacial score (nSPS) is 10.8. The number of amides is 1.